The first kappa shape index (κ1) is 14.7. The van der Waals surface area contributed by atoms with Crippen LogP contribution in [-0.2, 0) is 4.79 Å². The van der Waals surface area contributed by atoms with Crippen LogP contribution in [0.5, 0.6) is 17.2 Å². The van der Waals surface area contributed by atoms with Gasteiger partial charge in [0.05, 0.1) is 7.11 Å². The predicted octanol–water partition coefficient (Wildman–Crippen LogP) is 3.89. The third kappa shape index (κ3) is 3.63. The van der Waals surface area contributed by atoms with Gasteiger partial charge in [0.15, 0.2) is 11.5 Å². The van der Waals surface area contributed by atoms with Crippen molar-refractivity contribution in [2.45, 2.75) is 6.92 Å². The molecule has 1 N–H and O–H groups in total. The summed E-state index contributed by atoms with van der Waals surface area (Å²) in [7, 11) is 1.53. The quantitative estimate of drug-likeness (QED) is 0.846. The van der Waals surface area contributed by atoms with Crippen LogP contribution in [-0.4, -0.2) is 18.2 Å². The summed E-state index contributed by atoms with van der Waals surface area (Å²) in [6, 6.07) is 13.0. The molecule has 0 bridgehead atoms. The zero-order valence-electron chi connectivity index (χ0n) is 11.9. The second kappa shape index (κ2) is 6.61. The topological polar surface area (TPSA) is 55.8 Å². The summed E-state index contributed by atoms with van der Waals surface area (Å²) < 4.78 is 11.2. The van der Waals surface area contributed by atoms with Crippen molar-refractivity contribution in [1.29, 1.82) is 0 Å². The Bertz CT molecular complexity index is 674. The summed E-state index contributed by atoms with van der Waals surface area (Å²) in [4.78, 5) is 10.6. The molecule has 0 atom stereocenters. The molecule has 0 saturated carbocycles. The standard InChI is InChI=1S/C17H16O4/c1-12-6-3-4-8-14(12)21-15-9-5-7-13(17(15)20-2)10-11-16(18)19/h3-11H,1-2H3,(H,18,19). The fraction of sp³-hybridized carbons (Fsp3) is 0.118. The normalized spacial score (nSPS) is 10.6. The van der Waals surface area contributed by atoms with E-state index in [4.69, 9.17) is 14.6 Å². The van der Waals surface area contributed by atoms with Gasteiger partial charge >= 0.3 is 5.97 Å². The number of aliphatic carboxylic acids is 1. The number of ether oxygens (including phenoxy) is 2. The van der Waals surface area contributed by atoms with Gasteiger partial charge in [-0.15, -0.1) is 0 Å². The van der Waals surface area contributed by atoms with Crippen molar-refractivity contribution in [1.82, 2.24) is 0 Å². The number of carboxylic acid groups (broad SMARTS) is 1. The van der Waals surface area contributed by atoms with Crippen molar-refractivity contribution in [3.63, 3.8) is 0 Å². The SMILES string of the molecule is COc1c(C=CC(=O)O)cccc1Oc1ccccc1C. The second-order valence-corrected chi connectivity index (χ2v) is 4.42. The lowest BCUT2D eigenvalue weighted by molar-refractivity contribution is -0.131. The molecular weight excluding hydrogens is 268 g/mol. The Balaban J connectivity index is 2.38. The van der Waals surface area contributed by atoms with E-state index in [2.05, 4.69) is 0 Å². The number of hydrogen-bond donors (Lipinski definition) is 1. The van der Waals surface area contributed by atoms with E-state index in [-0.39, 0.29) is 0 Å². The molecule has 0 aromatic heterocycles. The van der Waals surface area contributed by atoms with Crippen molar-refractivity contribution < 1.29 is 19.4 Å². The first-order chi connectivity index (χ1) is 10.1. The molecule has 4 nitrogen and oxygen atoms in total. The lowest BCUT2D eigenvalue weighted by Gasteiger charge is -2.13. The third-order valence-corrected chi connectivity index (χ3v) is 2.93. The Morgan fingerprint density at radius 3 is 2.48 bits per heavy atom. The Hall–Kier alpha value is -2.75. The number of para-hydroxylation sites is 2. The Kier molecular flexibility index (Phi) is 4.61. The van der Waals surface area contributed by atoms with E-state index in [0.29, 0.717) is 17.1 Å². The van der Waals surface area contributed by atoms with Crippen LogP contribution in [0.3, 0.4) is 0 Å². The van der Waals surface area contributed by atoms with Gasteiger partial charge in [-0.1, -0.05) is 30.3 Å². The Labute approximate surface area is 123 Å². The minimum absolute atomic E-state index is 0.498. The van der Waals surface area contributed by atoms with Crippen LogP contribution >= 0.6 is 0 Å². The average molecular weight is 284 g/mol. The van der Waals surface area contributed by atoms with E-state index in [1.807, 2.05) is 31.2 Å². The molecule has 4 heteroatoms. The van der Waals surface area contributed by atoms with Crippen molar-refractivity contribution in [3.8, 4) is 17.2 Å². The van der Waals surface area contributed by atoms with Gasteiger partial charge in [-0.25, -0.2) is 4.79 Å². The molecule has 0 heterocycles. The fourth-order valence-electron chi connectivity index (χ4n) is 1.91. The predicted molar refractivity (Wildman–Crippen MR) is 80.9 cm³/mol. The van der Waals surface area contributed by atoms with E-state index >= 15 is 0 Å². The second-order valence-electron chi connectivity index (χ2n) is 4.42. The van der Waals surface area contributed by atoms with Crippen LogP contribution in [0, 0.1) is 6.92 Å². The molecule has 0 aliphatic rings. The van der Waals surface area contributed by atoms with Gasteiger partial charge in [0.25, 0.3) is 0 Å². The highest BCUT2D eigenvalue weighted by Gasteiger charge is 2.10. The molecule has 0 radical (unpaired) electrons. The van der Waals surface area contributed by atoms with E-state index in [9.17, 15) is 4.79 Å². The summed E-state index contributed by atoms with van der Waals surface area (Å²) in [5, 5.41) is 8.72. The van der Waals surface area contributed by atoms with Gasteiger partial charge in [-0.05, 0) is 30.7 Å². The maximum absolute atomic E-state index is 10.6. The molecule has 0 aliphatic heterocycles. The minimum Gasteiger partial charge on any atom is -0.492 e. The van der Waals surface area contributed by atoms with E-state index in [0.717, 1.165) is 17.4 Å². The Morgan fingerprint density at radius 2 is 1.81 bits per heavy atom. The van der Waals surface area contributed by atoms with Crippen molar-refractivity contribution >= 4 is 12.0 Å². The van der Waals surface area contributed by atoms with Gasteiger partial charge in [0.2, 0.25) is 0 Å². The first-order valence-corrected chi connectivity index (χ1v) is 6.43. The van der Waals surface area contributed by atoms with Crippen molar-refractivity contribution in [2.24, 2.45) is 0 Å². The number of carbonyl (C=O) groups is 1. The van der Waals surface area contributed by atoms with E-state index in [1.54, 1.807) is 18.2 Å². The highest BCUT2D eigenvalue weighted by molar-refractivity contribution is 5.86. The van der Waals surface area contributed by atoms with E-state index in [1.165, 1.54) is 13.2 Å². The van der Waals surface area contributed by atoms with E-state index < -0.39 is 5.97 Å². The van der Waals surface area contributed by atoms with Crippen LogP contribution < -0.4 is 9.47 Å². The van der Waals surface area contributed by atoms with Crippen LogP contribution in [0.1, 0.15) is 11.1 Å². The maximum atomic E-state index is 10.6. The molecule has 2 rings (SSSR count). The molecule has 0 aliphatic carbocycles. The van der Waals surface area contributed by atoms with Gasteiger partial charge in [0.1, 0.15) is 5.75 Å². The smallest absolute Gasteiger partial charge is 0.328 e. The molecule has 21 heavy (non-hydrogen) atoms. The number of methoxy groups -OCH3 is 1. The van der Waals surface area contributed by atoms with Crippen LogP contribution in [0.25, 0.3) is 6.08 Å². The van der Waals surface area contributed by atoms with Gasteiger partial charge in [0, 0.05) is 11.6 Å². The third-order valence-electron chi connectivity index (χ3n) is 2.93. The molecule has 0 spiro atoms. The number of hydrogen-bond acceptors (Lipinski definition) is 3. The zero-order chi connectivity index (χ0) is 15.2. The molecule has 0 unspecified atom stereocenters. The average Bonchev–Trinajstić information content (AvgIpc) is 2.47. The van der Waals surface area contributed by atoms with Gasteiger partial charge in [-0.2, -0.15) is 0 Å². The molecule has 0 saturated heterocycles. The van der Waals surface area contributed by atoms with Crippen LogP contribution in [0.4, 0.5) is 0 Å². The summed E-state index contributed by atoms with van der Waals surface area (Å²) in [6.45, 7) is 1.95. The lowest BCUT2D eigenvalue weighted by Crippen LogP contribution is -1.94. The lowest BCUT2D eigenvalue weighted by atomic mass is 10.1. The van der Waals surface area contributed by atoms with Crippen LogP contribution in [0.2, 0.25) is 0 Å². The number of rotatable bonds is 5. The molecule has 2 aromatic rings. The summed E-state index contributed by atoms with van der Waals surface area (Å²) in [5.74, 6) is 0.759. The largest absolute Gasteiger partial charge is 0.492 e. The molecule has 0 fully saturated rings. The number of aryl methyl sites for hydroxylation is 1. The summed E-state index contributed by atoms with van der Waals surface area (Å²) in [6.07, 6.45) is 2.54. The highest BCUT2D eigenvalue weighted by atomic mass is 16.5. The van der Waals surface area contributed by atoms with Crippen LogP contribution in [0.15, 0.2) is 48.5 Å². The minimum atomic E-state index is -1.01. The highest BCUT2D eigenvalue weighted by Crippen LogP contribution is 2.36. The molecule has 2 aromatic carbocycles. The molecule has 0 amide bonds. The number of benzene rings is 2. The molecular formula is C17H16O4. The van der Waals surface area contributed by atoms with Gasteiger partial charge in [-0.3, -0.25) is 0 Å². The van der Waals surface area contributed by atoms with Crippen molar-refractivity contribution in [2.75, 3.05) is 7.11 Å². The fourth-order valence-corrected chi connectivity index (χ4v) is 1.91. The number of carboxylic acids is 1. The summed E-state index contributed by atoms with van der Waals surface area (Å²) in [5.41, 5.74) is 1.65. The maximum Gasteiger partial charge on any atom is 0.328 e. The Morgan fingerprint density at radius 1 is 1.10 bits per heavy atom. The van der Waals surface area contributed by atoms with Crippen molar-refractivity contribution in [3.05, 3.63) is 59.7 Å². The van der Waals surface area contributed by atoms with Gasteiger partial charge < -0.3 is 14.6 Å². The summed E-state index contributed by atoms with van der Waals surface area (Å²) >= 11 is 0. The monoisotopic (exact) mass is 284 g/mol. The molecule has 108 valence electrons. The first-order valence-electron chi connectivity index (χ1n) is 6.43. The zero-order valence-corrected chi connectivity index (χ0v) is 11.9.